The van der Waals surface area contributed by atoms with E-state index in [1.807, 2.05) is 12.1 Å². The van der Waals surface area contributed by atoms with Crippen molar-refractivity contribution < 1.29 is 4.74 Å². The summed E-state index contributed by atoms with van der Waals surface area (Å²) in [7, 11) is 1.64. The number of H-pyrrole nitrogens is 1. The minimum Gasteiger partial charge on any atom is -0.497 e. The second kappa shape index (κ2) is 6.23. The van der Waals surface area contributed by atoms with Crippen molar-refractivity contribution in [1.29, 1.82) is 0 Å². The van der Waals surface area contributed by atoms with Gasteiger partial charge >= 0.3 is 0 Å². The topological polar surface area (TPSA) is 74.3 Å². The van der Waals surface area contributed by atoms with Crippen molar-refractivity contribution in [1.82, 2.24) is 15.2 Å². The molecule has 0 aliphatic carbocycles. The normalized spacial score (nSPS) is 15.0. The Morgan fingerprint density at radius 1 is 1.27 bits per heavy atom. The van der Waals surface area contributed by atoms with Crippen molar-refractivity contribution >= 4 is 23.1 Å². The van der Waals surface area contributed by atoms with Gasteiger partial charge in [-0.3, -0.25) is 4.79 Å². The molecule has 3 heterocycles. The highest BCUT2D eigenvalue weighted by Gasteiger charge is 2.21. The van der Waals surface area contributed by atoms with Crippen LogP contribution in [0.15, 0.2) is 29.3 Å². The van der Waals surface area contributed by atoms with Gasteiger partial charge in [-0.05, 0) is 6.07 Å². The Hall–Kier alpha value is -2.28. The first kappa shape index (κ1) is 14.6. The molecule has 0 spiro atoms. The van der Waals surface area contributed by atoms with Gasteiger partial charge in [0.1, 0.15) is 16.6 Å². The number of aromatic amines is 1. The minimum absolute atomic E-state index is 0.183. The molecule has 7 nitrogen and oxygen atoms in total. The van der Waals surface area contributed by atoms with E-state index in [1.165, 1.54) is 0 Å². The van der Waals surface area contributed by atoms with Crippen LogP contribution in [0.4, 0.5) is 11.5 Å². The van der Waals surface area contributed by atoms with Crippen LogP contribution in [0, 0.1) is 0 Å². The maximum Gasteiger partial charge on any atom is 0.285 e. The lowest BCUT2D eigenvalue weighted by atomic mass is 10.2. The molecule has 8 heteroatoms. The van der Waals surface area contributed by atoms with Gasteiger partial charge in [0, 0.05) is 38.4 Å². The largest absolute Gasteiger partial charge is 0.497 e. The van der Waals surface area contributed by atoms with E-state index in [9.17, 15) is 4.79 Å². The number of nitrogens with zero attached hydrogens (tertiary/aromatic N) is 4. The van der Waals surface area contributed by atoms with Crippen LogP contribution in [0.2, 0.25) is 5.02 Å². The Kier molecular flexibility index (Phi) is 4.15. The van der Waals surface area contributed by atoms with Gasteiger partial charge in [-0.25, -0.2) is 10.1 Å². The molecular formula is C14H16ClN5O2. The van der Waals surface area contributed by atoms with Gasteiger partial charge in [-0.15, -0.1) is 0 Å². The molecule has 2 aromatic heterocycles. The molecule has 0 unspecified atom stereocenters. The maximum absolute atomic E-state index is 11.5. The number of aromatic nitrogens is 3. The fourth-order valence-electron chi connectivity index (χ4n) is 2.47. The van der Waals surface area contributed by atoms with E-state index in [2.05, 4.69) is 25.0 Å². The molecule has 0 radical (unpaired) electrons. The van der Waals surface area contributed by atoms with Crippen LogP contribution in [0.25, 0.3) is 0 Å². The average Bonchev–Trinajstić information content (AvgIpc) is 2.58. The molecule has 0 bridgehead atoms. The highest BCUT2D eigenvalue weighted by Crippen LogP contribution is 2.24. The molecule has 1 saturated heterocycles. The number of piperazine rings is 1. The highest BCUT2D eigenvalue weighted by atomic mass is 35.5. The first-order valence-electron chi connectivity index (χ1n) is 6.92. The third-order valence-corrected chi connectivity index (χ3v) is 4.04. The molecule has 0 aromatic carbocycles. The van der Waals surface area contributed by atoms with Gasteiger partial charge in [-0.2, -0.15) is 5.10 Å². The first-order chi connectivity index (χ1) is 10.7. The molecule has 116 valence electrons. The zero-order chi connectivity index (χ0) is 15.5. The van der Waals surface area contributed by atoms with Gasteiger partial charge in [0.2, 0.25) is 0 Å². The van der Waals surface area contributed by atoms with Crippen LogP contribution >= 0.6 is 11.6 Å². The molecule has 1 aliphatic rings. The molecule has 1 aliphatic heterocycles. The average molecular weight is 322 g/mol. The second-order valence-corrected chi connectivity index (χ2v) is 5.30. The van der Waals surface area contributed by atoms with Crippen molar-refractivity contribution in [3.63, 3.8) is 0 Å². The molecular weight excluding hydrogens is 306 g/mol. The van der Waals surface area contributed by atoms with E-state index in [1.54, 1.807) is 19.5 Å². The summed E-state index contributed by atoms with van der Waals surface area (Å²) in [5.74, 6) is 1.67. The van der Waals surface area contributed by atoms with Gasteiger partial charge < -0.3 is 14.5 Å². The quantitative estimate of drug-likeness (QED) is 0.914. The van der Waals surface area contributed by atoms with Crippen LogP contribution in [0.5, 0.6) is 5.75 Å². The van der Waals surface area contributed by atoms with Gasteiger partial charge in [-0.1, -0.05) is 11.6 Å². The Morgan fingerprint density at radius 3 is 2.73 bits per heavy atom. The number of hydrogen-bond acceptors (Lipinski definition) is 6. The van der Waals surface area contributed by atoms with Crippen LogP contribution in [-0.4, -0.2) is 48.5 Å². The van der Waals surface area contributed by atoms with Crippen molar-refractivity contribution in [3.8, 4) is 5.75 Å². The van der Waals surface area contributed by atoms with E-state index in [4.69, 9.17) is 16.3 Å². The number of rotatable bonds is 3. The van der Waals surface area contributed by atoms with Crippen LogP contribution in [-0.2, 0) is 0 Å². The number of anilines is 2. The lowest BCUT2D eigenvalue weighted by Crippen LogP contribution is -2.47. The van der Waals surface area contributed by atoms with Crippen molar-refractivity contribution in [2.24, 2.45) is 0 Å². The SMILES string of the molecule is COc1ccnc(N2CCN(c3cn[nH]c(=O)c3Cl)CC2)c1. The Labute approximate surface area is 132 Å². The third kappa shape index (κ3) is 2.85. The molecule has 0 atom stereocenters. The van der Waals surface area contributed by atoms with Crippen LogP contribution in [0.1, 0.15) is 0 Å². The van der Waals surface area contributed by atoms with E-state index >= 15 is 0 Å². The number of hydrogen-bond donors (Lipinski definition) is 1. The first-order valence-corrected chi connectivity index (χ1v) is 7.30. The van der Waals surface area contributed by atoms with Crippen LogP contribution in [0.3, 0.4) is 0 Å². The molecule has 0 saturated carbocycles. The molecule has 1 fully saturated rings. The number of methoxy groups -OCH3 is 1. The van der Waals surface area contributed by atoms with Gasteiger partial charge in [0.05, 0.1) is 19.0 Å². The molecule has 22 heavy (non-hydrogen) atoms. The predicted molar refractivity (Wildman–Crippen MR) is 85.1 cm³/mol. The Balaban J connectivity index is 1.72. The lowest BCUT2D eigenvalue weighted by Gasteiger charge is -2.36. The van der Waals surface area contributed by atoms with E-state index in [0.29, 0.717) is 5.69 Å². The maximum atomic E-state index is 11.5. The number of pyridine rings is 1. The third-order valence-electron chi connectivity index (χ3n) is 3.67. The zero-order valence-corrected chi connectivity index (χ0v) is 12.9. The summed E-state index contributed by atoms with van der Waals surface area (Å²) in [6.45, 7) is 3.04. The summed E-state index contributed by atoms with van der Waals surface area (Å²) in [6.07, 6.45) is 3.32. The fourth-order valence-corrected chi connectivity index (χ4v) is 2.68. The lowest BCUT2D eigenvalue weighted by molar-refractivity contribution is 0.414. The van der Waals surface area contributed by atoms with Gasteiger partial charge in [0.25, 0.3) is 5.56 Å². The molecule has 3 rings (SSSR count). The Bertz CT molecular complexity index is 712. The Morgan fingerprint density at radius 2 is 2.00 bits per heavy atom. The number of halogens is 1. The highest BCUT2D eigenvalue weighted by molar-refractivity contribution is 6.33. The van der Waals surface area contributed by atoms with E-state index in [0.717, 1.165) is 37.7 Å². The summed E-state index contributed by atoms with van der Waals surface area (Å²) >= 11 is 6.05. The van der Waals surface area contributed by atoms with Crippen LogP contribution < -0.4 is 20.1 Å². The van der Waals surface area contributed by atoms with Crippen molar-refractivity contribution in [3.05, 3.63) is 39.9 Å². The second-order valence-electron chi connectivity index (χ2n) is 4.93. The smallest absolute Gasteiger partial charge is 0.285 e. The van der Waals surface area contributed by atoms with E-state index < -0.39 is 0 Å². The summed E-state index contributed by atoms with van der Waals surface area (Å²) in [4.78, 5) is 20.1. The summed E-state index contributed by atoms with van der Waals surface area (Å²) < 4.78 is 5.22. The van der Waals surface area contributed by atoms with Gasteiger partial charge in [0.15, 0.2) is 0 Å². The predicted octanol–water partition coefficient (Wildman–Crippen LogP) is 1.15. The zero-order valence-electron chi connectivity index (χ0n) is 12.1. The standard InChI is InChI=1S/C14H16ClN5O2/c1-22-10-2-3-16-12(8-10)20-6-4-19(5-7-20)11-9-17-18-14(21)13(11)15/h2-3,8-9H,4-7H2,1H3,(H,18,21). The number of ether oxygens (including phenoxy) is 1. The molecule has 0 amide bonds. The monoisotopic (exact) mass is 321 g/mol. The summed E-state index contributed by atoms with van der Waals surface area (Å²) in [5.41, 5.74) is 0.305. The van der Waals surface area contributed by atoms with Crippen molar-refractivity contribution in [2.75, 3.05) is 43.1 Å². The number of nitrogens with one attached hydrogen (secondary N) is 1. The minimum atomic E-state index is -0.365. The van der Waals surface area contributed by atoms with Crippen molar-refractivity contribution in [2.45, 2.75) is 0 Å². The summed E-state index contributed by atoms with van der Waals surface area (Å²) in [5, 5.41) is 6.33. The van der Waals surface area contributed by atoms with E-state index in [-0.39, 0.29) is 10.6 Å². The summed E-state index contributed by atoms with van der Waals surface area (Å²) in [6, 6.07) is 3.73. The fraction of sp³-hybridized carbons (Fsp3) is 0.357. The molecule has 1 N–H and O–H groups in total. The molecule has 2 aromatic rings.